The second kappa shape index (κ2) is 7.55. The van der Waals surface area contributed by atoms with Crippen LogP contribution in [-0.2, 0) is 0 Å². The Kier molecular flexibility index (Phi) is 5.46. The number of piperidine rings is 1. The molecule has 0 amide bonds. The summed E-state index contributed by atoms with van der Waals surface area (Å²) < 4.78 is 1.28. The zero-order valence-corrected chi connectivity index (χ0v) is 15.4. The Morgan fingerprint density at radius 3 is 3.04 bits per heavy atom. The van der Waals surface area contributed by atoms with Gasteiger partial charge in [0.25, 0.3) is 0 Å². The van der Waals surface area contributed by atoms with E-state index in [2.05, 4.69) is 53.5 Å². The summed E-state index contributed by atoms with van der Waals surface area (Å²) in [5.74, 6) is 0.495. The first-order chi connectivity index (χ1) is 11.1. The van der Waals surface area contributed by atoms with Crippen LogP contribution in [0.25, 0.3) is 10.2 Å². The van der Waals surface area contributed by atoms with Gasteiger partial charge in [0.1, 0.15) is 0 Å². The third kappa shape index (κ3) is 4.19. The fourth-order valence-electron chi connectivity index (χ4n) is 2.93. The number of hydrogen-bond donors (Lipinski definition) is 1. The molecule has 1 N–H and O–H groups in total. The molecule has 124 valence electrons. The van der Waals surface area contributed by atoms with Gasteiger partial charge in [-0.15, -0.1) is 11.3 Å². The largest absolute Gasteiger partial charge is 0.361 e. The van der Waals surface area contributed by atoms with Crippen LogP contribution < -0.4 is 5.32 Å². The smallest absolute Gasteiger partial charge is 0.168 e. The van der Waals surface area contributed by atoms with Gasteiger partial charge in [0.15, 0.2) is 5.11 Å². The number of likely N-dealkylation sites (tertiary alicyclic amines) is 1. The molecule has 1 aromatic heterocycles. The first-order valence-corrected chi connectivity index (χ1v) is 9.39. The van der Waals surface area contributed by atoms with Crippen LogP contribution in [0.2, 0.25) is 0 Å². The van der Waals surface area contributed by atoms with E-state index in [9.17, 15) is 0 Å². The lowest BCUT2D eigenvalue weighted by atomic mass is 9.99. The van der Waals surface area contributed by atoms with Gasteiger partial charge in [0.05, 0.1) is 15.2 Å². The predicted octanol–water partition coefficient (Wildman–Crippen LogP) is 2.91. The lowest BCUT2D eigenvalue weighted by molar-refractivity contribution is 0.303. The first-order valence-electron chi connectivity index (χ1n) is 8.16. The number of nitrogens with one attached hydrogen (secondary N) is 1. The van der Waals surface area contributed by atoms with Crippen LogP contribution in [0.3, 0.4) is 0 Å². The van der Waals surface area contributed by atoms with Crippen molar-refractivity contribution in [2.75, 3.05) is 40.3 Å². The lowest BCUT2D eigenvalue weighted by Gasteiger charge is -2.34. The number of benzene rings is 1. The molecular weight excluding hydrogens is 324 g/mol. The summed E-state index contributed by atoms with van der Waals surface area (Å²) in [4.78, 5) is 9.31. The molecule has 0 saturated carbocycles. The van der Waals surface area contributed by atoms with Crippen LogP contribution in [-0.4, -0.2) is 60.2 Å². The number of thiazole rings is 1. The minimum Gasteiger partial charge on any atom is -0.361 e. The van der Waals surface area contributed by atoms with Crippen molar-refractivity contribution in [2.24, 2.45) is 0 Å². The van der Waals surface area contributed by atoms with Crippen molar-refractivity contribution >= 4 is 38.9 Å². The number of thiocarbonyl (C=S) groups is 1. The number of likely N-dealkylation sites (N-methyl/N-ethyl adjacent to an activating group) is 1. The highest BCUT2D eigenvalue weighted by Gasteiger charge is 2.25. The van der Waals surface area contributed by atoms with Crippen molar-refractivity contribution in [1.82, 2.24) is 20.1 Å². The summed E-state index contributed by atoms with van der Waals surface area (Å²) >= 11 is 7.40. The van der Waals surface area contributed by atoms with Crippen molar-refractivity contribution in [3.05, 3.63) is 29.3 Å². The monoisotopic (exact) mass is 348 g/mol. The molecule has 4 nitrogen and oxygen atoms in total. The number of nitrogens with zero attached hydrogens (tertiary/aromatic N) is 3. The van der Waals surface area contributed by atoms with Gasteiger partial charge in [0, 0.05) is 32.1 Å². The van der Waals surface area contributed by atoms with E-state index >= 15 is 0 Å². The molecule has 2 heterocycles. The Balaban J connectivity index is 1.62. The number of aromatic nitrogens is 1. The van der Waals surface area contributed by atoms with Gasteiger partial charge in [-0.2, -0.15) is 0 Å². The molecule has 1 aliphatic heterocycles. The Morgan fingerprint density at radius 2 is 2.26 bits per heavy atom. The van der Waals surface area contributed by atoms with Crippen LogP contribution in [0.5, 0.6) is 0 Å². The Hall–Kier alpha value is -1.24. The zero-order chi connectivity index (χ0) is 16.2. The van der Waals surface area contributed by atoms with E-state index in [1.165, 1.54) is 22.5 Å². The van der Waals surface area contributed by atoms with Gasteiger partial charge in [-0.05, 0) is 51.3 Å². The summed E-state index contributed by atoms with van der Waals surface area (Å²) in [6, 6.07) is 8.40. The van der Waals surface area contributed by atoms with Crippen LogP contribution in [0, 0.1) is 0 Å². The summed E-state index contributed by atoms with van der Waals surface area (Å²) in [5.41, 5.74) is 1.12. The molecule has 23 heavy (non-hydrogen) atoms. The van der Waals surface area contributed by atoms with Crippen molar-refractivity contribution in [2.45, 2.75) is 18.8 Å². The maximum absolute atomic E-state index is 5.57. The van der Waals surface area contributed by atoms with E-state index in [0.29, 0.717) is 5.92 Å². The molecule has 3 rings (SSSR count). The van der Waals surface area contributed by atoms with E-state index in [0.717, 1.165) is 36.8 Å². The summed E-state index contributed by atoms with van der Waals surface area (Å²) in [6.45, 7) is 3.92. The van der Waals surface area contributed by atoms with Crippen LogP contribution in [0.15, 0.2) is 24.3 Å². The second-order valence-corrected chi connectivity index (χ2v) is 7.79. The Bertz CT molecular complexity index is 634. The third-order valence-electron chi connectivity index (χ3n) is 4.20. The highest BCUT2D eigenvalue weighted by Crippen LogP contribution is 2.32. The number of hydrogen-bond acceptors (Lipinski definition) is 4. The summed E-state index contributed by atoms with van der Waals surface area (Å²) in [5, 5.41) is 5.52. The van der Waals surface area contributed by atoms with Gasteiger partial charge < -0.3 is 15.1 Å². The van der Waals surface area contributed by atoms with E-state index in [4.69, 9.17) is 17.2 Å². The van der Waals surface area contributed by atoms with Gasteiger partial charge in [0.2, 0.25) is 0 Å². The molecule has 1 aromatic carbocycles. The lowest BCUT2D eigenvalue weighted by Crippen LogP contribution is -2.46. The van der Waals surface area contributed by atoms with Crippen molar-refractivity contribution in [3.8, 4) is 0 Å². The molecule has 1 atom stereocenters. The summed E-state index contributed by atoms with van der Waals surface area (Å²) in [7, 11) is 4.16. The van der Waals surface area contributed by atoms with E-state index in [-0.39, 0.29) is 0 Å². The molecule has 0 radical (unpaired) electrons. The van der Waals surface area contributed by atoms with Crippen molar-refractivity contribution in [1.29, 1.82) is 0 Å². The average molecular weight is 349 g/mol. The maximum Gasteiger partial charge on any atom is 0.168 e. The fraction of sp³-hybridized carbons (Fsp3) is 0.529. The van der Waals surface area contributed by atoms with Gasteiger partial charge in [-0.25, -0.2) is 4.98 Å². The van der Waals surface area contributed by atoms with Crippen molar-refractivity contribution in [3.63, 3.8) is 0 Å². The minimum atomic E-state index is 0.495. The highest BCUT2D eigenvalue weighted by molar-refractivity contribution is 7.80. The molecule has 1 fully saturated rings. The Labute approximate surface area is 147 Å². The molecule has 0 bridgehead atoms. The standard InChI is InChI=1S/C17H24N4S2/c1-20(2)11-9-18-17(22)21-10-5-6-13(12-21)16-19-14-7-3-4-8-15(14)23-16/h3-4,7-8,13H,5-6,9-12H2,1-2H3,(H,18,22)/t13-/m0/s1. The maximum atomic E-state index is 5.57. The molecule has 6 heteroatoms. The van der Waals surface area contributed by atoms with Gasteiger partial charge in [-0.3, -0.25) is 0 Å². The fourth-order valence-corrected chi connectivity index (χ4v) is 4.29. The molecule has 0 aliphatic carbocycles. The van der Waals surface area contributed by atoms with Crippen LogP contribution in [0.1, 0.15) is 23.8 Å². The number of fused-ring (bicyclic) bond motifs is 1. The third-order valence-corrected chi connectivity index (χ3v) is 5.80. The number of para-hydroxylation sites is 1. The minimum absolute atomic E-state index is 0.495. The van der Waals surface area contributed by atoms with Crippen molar-refractivity contribution < 1.29 is 0 Å². The predicted molar refractivity (Wildman–Crippen MR) is 102 cm³/mol. The van der Waals surface area contributed by atoms with Gasteiger partial charge in [-0.1, -0.05) is 12.1 Å². The van der Waals surface area contributed by atoms with Gasteiger partial charge >= 0.3 is 0 Å². The number of rotatable bonds is 4. The topological polar surface area (TPSA) is 31.4 Å². The molecule has 1 aliphatic rings. The van der Waals surface area contributed by atoms with E-state index in [1.807, 2.05) is 11.3 Å². The zero-order valence-electron chi connectivity index (χ0n) is 13.8. The highest BCUT2D eigenvalue weighted by atomic mass is 32.1. The van der Waals surface area contributed by atoms with E-state index in [1.54, 1.807) is 0 Å². The van der Waals surface area contributed by atoms with Crippen LogP contribution >= 0.6 is 23.6 Å². The van der Waals surface area contributed by atoms with E-state index < -0.39 is 0 Å². The molecule has 1 saturated heterocycles. The molecule has 0 spiro atoms. The average Bonchev–Trinajstić information content (AvgIpc) is 2.98. The Morgan fingerprint density at radius 1 is 1.43 bits per heavy atom. The first kappa shape index (κ1) is 16.6. The SMILES string of the molecule is CN(C)CCNC(=S)N1CCC[C@H](c2nc3ccccc3s2)C1. The second-order valence-electron chi connectivity index (χ2n) is 6.34. The van der Waals surface area contributed by atoms with Crippen LogP contribution in [0.4, 0.5) is 0 Å². The molecule has 2 aromatic rings. The summed E-state index contributed by atoms with van der Waals surface area (Å²) in [6.07, 6.45) is 2.38. The quantitative estimate of drug-likeness (QED) is 0.859. The molecule has 0 unspecified atom stereocenters. The molecular formula is C17H24N4S2. The normalized spacial score (nSPS) is 18.6.